The second-order valence-electron chi connectivity index (χ2n) is 3.75. The number of rotatable bonds is 3. The van der Waals surface area contributed by atoms with E-state index < -0.39 is 0 Å². The summed E-state index contributed by atoms with van der Waals surface area (Å²) >= 11 is 0. The molecular formula is C10H20O2. The molecule has 0 spiro atoms. The smallest absolute Gasteiger partial charge is 0.0640 e. The lowest BCUT2D eigenvalue weighted by Crippen LogP contribution is -2.39. The lowest BCUT2D eigenvalue weighted by Gasteiger charge is -2.34. The third kappa shape index (κ3) is 2.20. The summed E-state index contributed by atoms with van der Waals surface area (Å²) in [4.78, 5) is 0. The highest BCUT2D eigenvalue weighted by Gasteiger charge is 2.30. The summed E-state index contributed by atoms with van der Waals surface area (Å²) in [6.45, 7) is 5.78. The maximum absolute atomic E-state index is 9.88. The van der Waals surface area contributed by atoms with Crippen LogP contribution in [0.4, 0.5) is 0 Å². The summed E-state index contributed by atoms with van der Waals surface area (Å²) in [6.07, 6.45) is 3.14. The van der Waals surface area contributed by atoms with Crippen molar-refractivity contribution in [2.45, 2.75) is 39.2 Å². The van der Waals surface area contributed by atoms with Gasteiger partial charge in [0.2, 0.25) is 0 Å². The molecule has 0 saturated carbocycles. The van der Waals surface area contributed by atoms with Gasteiger partial charge in [-0.05, 0) is 12.8 Å². The van der Waals surface area contributed by atoms with Gasteiger partial charge in [0.05, 0.1) is 19.3 Å². The highest BCUT2D eigenvalue weighted by Crippen LogP contribution is 2.25. The highest BCUT2D eigenvalue weighted by atomic mass is 16.5. The Morgan fingerprint density at radius 2 is 1.92 bits per heavy atom. The second kappa shape index (κ2) is 4.83. The molecule has 2 heteroatoms. The van der Waals surface area contributed by atoms with Gasteiger partial charge in [0, 0.05) is 11.8 Å². The summed E-state index contributed by atoms with van der Waals surface area (Å²) < 4.78 is 5.45. The Morgan fingerprint density at radius 1 is 1.25 bits per heavy atom. The van der Waals surface area contributed by atoms with Crippen LogP contribution in [0.3, 0.4) is 0 Å². The van der Waals surface area contributed by atoms with Crippen LogP contribution in [-0.4, -0.2) is 24.4 Å². The van der Waals surface area contributed by atoms with Crippen molar-refractivity contribution in [2.24, 2.45) is 11.8 Å². The third-order valence-electron chi connectivity index (χ3n) is 2.81. The molecule has 1 saturated heterocycles. The summed E-state index contributed by atoms with van der Waals surface area (Å²) in [7, 11) is 0. The molecule has 2 nitrogen and oxygen atoms in total. The summed E-state index contributed by atoms with van der Waals surface area (Å²) in [5.74, 6) is 0.754. The molecule has 0 aliphatic carbocycles. The molecule has 3 unspecified atom stereocenters. The molecule has 1 rings (SSSR count). The highest BCUT2D eigenvalue weighted by molar-refractivity contribution is 4.79. The van der Waals surface area contributed by atoms with Crippen molar-refractivity contribution in [1.82, 2.24) is 0 Å². The Labute approximate surface area is 74.9 Å². The number of aliphatic hydroxyl groups excluding tert-OH is 1. The van der Waals surface area contributed by atoms with Gasteiger partial charge in [0.25, 0.3) is 0 Å². The Bertz CT molecular complexity index is 123. The molecule has 1 heterocycles. The van der Waals surface area contributed by atoms with Crippen LogP contribution in [0, 0.1) is 11.8 Å². The fourth-order valence-electron chi connectivity index (χ4n) is 1.94. The van der Waals surface area contributed by atoms with Crippen LogP contribution < -0.4 is 0 Å². The minimum Gasteiger partial charge on any atom is -0.392 e. The van der Waals surface area contributed by atoms with Gasteiger partial charge in [-0.1, -0.05) is 20.3 Å². The van der Waals surface area contributed by atoms with Crippen molar-refractivity contribution >= 4 is 0 Å². The van der Waals surface area contributed by atoms with Crippen molar-refractivity contribution in [3.63, 3.8) is 0 Å². The van der Waals surface area contributed by atoms with Crippen LogP contribution in [0.1, 0.15) is 33.1 Å². The van der Waals surface area contributed by atoms with Gasteiger partial charge in [0.1, 0.15) is 0 Å². The van der Waals surface area contributed by atoms with Crippen molar-refractivity contribution in [1.29, 1.82) is 0 Å². The fourth-order valence-corrected chi connectivity index (χ4v) is 1.94. The van der Waals surface area contributed by atoms with E-state index >= 15 is 0 Å². The molecule has 0 aromatic rings. The fraction of sp³-hybridized carbons (Fsp3) is 1.00. The van der Waals surface area contributed by atoms with E-state index in [0.29, 0.717) is 11.8 Å². The van der Waals surface area contributed by atoms with E-state index in [1.54, 1.807) is 0 Å². The van der Waals surface area contributed by atoms with E-state index in [-0.39, 0.29) is 6.10 Å². The van der Waals surface area contributed by atoms with Gasteiger partial charge >= 0.3 is 0 Å². The molecule has 12 heavy (non-hydrogen) atoms. The first-order chi connectivity index (χ1) is 5.79. The topological polar surface area (TPSA) is 29.5 Å². The number of aliphatic hydroxyl groups is 1. The van der Waals surface area contributed by atoms with Gasteiger partial charge in [0.15, 0.2) is 0 Å². The largest absolute Gasteiger partial charge is 0.392 e. The second-order valence-corrected chi connectivity index (χ2v) is 3.75. The molecule has 1 N–H and O–H groups in total. The maximum Gasteiger partial charge on any atom is 0.0640 e. The van der Waals surface area contributed by atoms with E-state index in [1.165, 1.54) is 0 Å². The van der Waals surface area contributed by atoms with E-state index in [2.05, 4.69) is 13.8 Å². The van der Waals surface area contributed by atoms with E-state index in [1.807, 2.05) is 0 Å². The molecule has 1 fully saturated rings. The van der Waals surface area contributed by atoms with Crippen LogP contribution in [0.2, 0.25) is 0 Å². The Hall–Kier alpha value is -0.0800. The third-order valence-corrected chi connectivity index (χ3v) is 2.81. The molecule has 72 valence electrons. The monoisotopic (exact) mass is 172 g/mol. The predicted octanol–water partition coefficient (Wildman–Crippen LogP) is 1.82. The molecule has 0 amide bonds. The zero-order chi connectivity index (χ0) is 8.97. The van der Waals surface area contributed by atoms with Crippen molar-refractivity contribution in [3.8, 4) is 0 Å². The van der Waals surface area contributed by atoms with E-state index in [0.717, 1.165) is 32.5 Å². The summed E-state index contributed by atoms with van der Waals surface area (Å²) in [5.41, 5.74) is 0. The van der Waals surface area contributed by atoms with Crippen molar-refractivity contribution in [3.05, 3.63) is 0 Å². The average Bonchev–Trinajstić information content (AvgIpc) is 2.09. The quantitative estimate of drug-likeness (QED) is 0.703. The van der Waals surface area contributed by atoms with Crippen LogP contribution in [0.15, 0.2) is 0 Å². The SMILES string of the molecule is CCCC1COCC(CC)C1O. The number of ether oxygens (including phenoxy) is 1. The number of hydrogen-bond acceptors (Lipinski definition) is 2. The molecule has 1 aliphatic heterocycles. The lowest BCUT2D eigenvalue weighted by atomic mass is 9.85. The van der Waals surface area contributed by atoms with Gasteiger partial charge in [-0.3, -0.25) is 0 Å². The Morgan fingerprint density at radius 3 is 2.50 bits per heavy atom. The van der Waals surface area contributed by atoms with Crippen LogP contribution in [0.5, 0.6) is 0 Å². The zero-order valence-corrected chi connectivity index (χ0v) is 8.12. The van der Waals surface area contributed by atoms with Crippen molar-refractivity contribution in [2.75, 3.05) is 13.2 Å². The molecule has 0 aromatic carbocycles. The molecular weight excluding hydrogens is 152 g/mol. The lowest BCUT2D eigenvalue weighted by molar-refractivity contribution is -0.0828. The number of hydrogen-bond donors (Lipinski definition) is 1. The van der Waals surface area contributed by atoms with Crippen LogP contribution >= 0.6 is 0 Å². The van der Waals surface area contributed by atoms with Gasteiger partial charge in [-0.25, -0.2) is 0 Å². The van der Waals surface area contributed by atoms with Gasteiger partial charge < -0.3 is 9.84 Å². The van der Waals surface area contributed by atoms with E-state index in [9.17, 15) is 5.11 Å². The predicted molar refractivity (Wildman–Crippen MR) is 49.0 cm³/mol. The minimum atomic E-state index is -0.122. The van der Waals surface area contributed by atoms with E-state index in [4.69, 9.17) is 4.74 Å². The average molecular weight is 172 g/mol. The van der Waals surface area contributed by atoms with Crippen LogP contribution in [0.25, 0.3) is 0 Å². The molecule has 3 atom stereocenters. The minimum absolute atomic E-state index is 0.122. The molecule has 0 bridgehead atoms. The molecule has 0 aromatic heterocycles. The molecule has 0 radical (unpaired) electrons. The van der Waals surface area contributed by atoms with Crippen molar-refractivity contribution < 1.29 is 9.84 Å². The first-order valence-corrected chi connectivity index (χ1v) is 5.05. The van der Waals surface area contributed by atoms with Gasteiger partial charge in [-0.2, -0.15) is 0 Å². The normalized spacial score (nSPS) is 36.8. The van der Waals surface area contributed by atoms with Crippen LogP contribution in [-0.2, 0) is 4.74 Å². The first-order valence-electron chi connectivity index (χ1n) is 5.05. The standard InChI is InChI=1S/C10H20O2/c1-3-5-9-7-12-6-8(4-2)10(9)11/h8-11H,3-7H2,1-2H3. The Balaban J connectivity index is 2.41. The maximum atomic E-state index is 9.88. The summed E-state index contributed by atoms with van der Waals surface area (Å²) in [6, 6.07) is 0. The Kier molecular flexibility index (Phi) is 4.02. The molecule has 1 aliphatic rings. The summed E-state index contributed by atoms with van der Waals surface area (Å²) in [5, 5.41) is 9.88. The first kappa shape index (κ1) is 10.0. The van der Waals surface area contributed by atoms with Gasteiger partial charge in [-0.15, -0.1) is 0 Å². The zero-order valence-electron chi connectivity index (χ0n) is 8.12.